The molecule has 0 aliphatic heterocycles. The lowest BCUT2D eigenvalue weighted by atomic mass is 9.79. The molecule has 3 heteroatoms. The molecule has 0 saturated carbocycles. The van der Waals surface area contributed by atoms with Crippen LogP contribution in [0, 0.1) is 17.0 Å². The highest BCUT2D eigenvalue weighted by atomic mass is 19.1. The van der Waals surface area contributed by atoms with Gasteiger partial charge >= 0.3 is 0 Å². The summed E-state index contributed by atoms with van der Waals surface area (Å²) in [5.74, 6) is -0.883. The summed E-state index contributed by atoms with van der Waals surface area (Å²) in [6.45, 7) is 11.3. The van der Waals surface area contributed by atoms with Crippen LogP contribution in [0.2, 0.25) is 0 Å². The number of halogens is 2. The van der Waals surface area contributed by atoms with Gasteiger partial charge in [-0.2, -0.15) is 0 Å². The minimum Gasteiger partial charge on any atom is -0.312 e. The lowest BCUT2D eigenvalue weighted by Crippen LogP contribution is -2.44. The Morgan fingerprint density at radius 3 is 2.05 bits per heavy atom. The van der Waals surface area contributed by atoms with Crippen molar-refractivity contribution in [3.05, 3.63) is 35.4 Å². The van der Waals surface area contributed by atoms with Gasteiger partial charge in [0.05, 0.1) is 0 Å². The van der Waals surface area contributed by atoms with Crippen LogP contribution in [0.15, 0.2) is 18.2 Å². The first-order valence-electron chi connectivity index (χ1n) is 7.35. The molecule has 114 valence electrons. The molecule has 1 unspecified atom stereocenters. The van der Waals surface area contributed by atoms with Crippen LogP contribution in [0.3, 0.4) is 0 Å². The fourth-order valence-electron chi connectivity index (χ4n) is 2.45. The molecule has 0 aliphatic rings. The van der Waals surface area contributed by atoms with E-state index in [9.17, 15) is 8.78 Å². The smallest absolute Gasteiger partial charge is 0.129 e. The molecule has 0 fully saturated rings. The van der Waals surface area contributed by atoms with Crippen molar-refractivity contribution in [2.45, 2.75) is 59.4 Å². The van der Waals surface area contributed by atoms with E-state index in [1.54, 1.807) is 0 Å². The first-order valence-corrected chi connectivity index (χ1v) is 7.35. The van der Waals surface area contributed by atoms with Crippen molar-refractivity contribution in [1.82, 2.24) is 5.32 Å². The van der Waals surface area contributed by atoms with E-state index in [2.05, 4.69) is 39.9 Å². The lowest BCUT2D eigenvalue weighted by molar-refractivity contribution is 0.239. The fourth-order valence-corrected chi connectivity index (χ4v) is 2.45. The molecule has 0 spiro atoms. The van der Waals surface area contributed by atoms with Gasteiger partial charge in [0.15, 0.2) is 0 Å². The second-order valence-electron chi connectivity index (χ2n) is 7.04. The van der Waals surface area contributed by atoms with Crippen molar-refractivity contribution < 1.29 is 8.78 Å². The summed E-state index contributed by atoms with van der Waals surface area (Å²) in [4.78, 5) is 0. The molecule has 0 heterocycles. The van der Waals surface area contributed by atoms with E-state index in [0.717, 1.165) is 19.4 Å². The number of hydrogen-bond donors (Lipinski definition) is 1. The minimum atomic E-state index is -0.442. The Morgan fingerprint density at radius 2 is 1.60 bits per heavy atom. The van der Waals surface area contributed by atoms with Crippen LogP contribution >= 0.6 is 0 Å². The Bertz CT molecular complexity index is 417. The highest BCUT2D eigenvalue weighted by Crippen LogP contribution is 2.30. The third-order valence-electron chi connectivity index (χ3n) is 3.56. The zero-order chi connectivity index (χ0) is 15.4. The summed E-state index contributed by atoms with van der Waals surface area (Å²) in [7, 11) is 0. The summed E-state index contributed by atoms with van der Waals surface area (Å²) in [5, 5.41) is 3.46. The average Bonchev–Trinajstić information content (AvgIpc) is 2.32. The molecule has 1 atom stereocenters. The van der Waals surface area contributed by atoms with Crippen molar-refractivity contribution in [3.63, 3.8) is 0 Å². The average molecular weight is 283 g/mol. The van der Waals surface area contributed by atoms with Crippen molar-refractivity contribution >= 4 is 0 Å². The van der Waals surface area contributed by atoms with Crippen LogP contribution in [-0.4, -0.2) is 12.1 Å². The van der Waals surface area contributed by atoms with Crippen LogP contribution in [0.5, 0.6) is 0 Å². The molecule has 0 aliphatic carbocycles. The molecule has 1 nitrogen and oxygen atoms in total. The van der Waals surface area contributed by atoms with Gasteiger partial charge in [-0.1, -0.05) is 26.3 Å². The molecule has 1 aromatic carbocycles. The van der Waals surface area contributed by atoms with Crippen LogP contribution in [0.25, 0.3) is 0 Å². The zero-order valence-corrected chi connectivity index (χ0v) is 13.3. The number of benzene rings is 1. The molecular weight excluding hydrogens is 256 g/mol. The van der Waals surface area contributed by atoms with Gasteiger partial charge < -0.3 is 5.32 Å². The molecule has 20 heavy (non-hydrogen) atoms. The quantitative estimate of drug-likeness (QED) is 0.798. The molecule has 0 saturated heterocycles. The van der Waals surface area contributed by atoms with Crippen LogP contribution < -0.4 is 5.32 Å². The largest absolute Gasteiger partial charge is 0.312 e. The Morgan fingerprint density at radius 1 is 1.05 bits per heavy atom. The molecule has 0 bridgehead atoms. The van der Waals surface area contributed by atoms with Crippen molar-refractivity contribution in [1.29, 1.82) is 0 Å². The third-order valence-corrected chi connectivity index (χ3v) is 3.56. The van der Waals surface area contributed by atoms with Crippen molar-refractivity contribution in [2.75, 3.05) is 6.54 Å². The topological polar surface area (TPSA) is 12.0 Å². The highest BCUT2D eigenvalue weighted by Gasteiger charge is 2.28. The Hall–Kier alpha value is -0.960. The van der Waals surface area contributed by atoms with E-state index in [0.29, 0.717) is 6.42 Å². The third kappa shape index (κ3) is 5.20. The van der Waals surface area contributed by atoms with Crippen molar-refractivity contribution in [2.24, 2.45) is 5.41 Å². The summed E-state index contributed by atoms with van der Waals surface area (Å²) in [6, 6.07) is 4.09. The Kier molecular flexibility index (Phi) is 5.69. The standard InChI is InChI=1S/C17H27F2N/c1-6-10-17(5,12-20-16(2,3)4)11-13-14(18)8-7-9-15(13)19/h7-9,20H,6,10-12H2,1-5H3. The molecular formula is C17H27F2N. The fraction of sp³-hybridized carbons (Fsp3) is 0.647. The number of nitrogens with one attached hydrogen (secondary N) is 1. The van der Waals surface area contributed by atoms with Gasteiger partial charge in [0, 0.05) is 17.6 Å². The van der Waals surface area contributed by atoms with Gasteiger partial charge in [0.25, 0.3) is 0 Å². The predicted octanol–water partition coefficient (Wildman–Crippen LogP) is 4.70. The first-order chi connectivity index (χ1) is 9.17. The Labute approximate surface area is 121 Å². The molecule has 0 aromatic heterocycles. The van der Waals surface area contributed by atoms with E-state index < -0.39 is 11.6 Å². The maximum absolute atomic E-state index is 13.8. The molecule has 1 aromatic rings. The van der Waals surface area contributed by atoms with Crippen LogP contribution in [0.4, 0.5) is 8.78 Å². The monoisotopic (exact) mass is 283 g/mol. The Balaban J connectivity index is 2.90. The summed E-state index contributed by atoms with van der Waals surface area (Å²) < 4.78 is 27.7. The van der Waals surface area contributed by atoms with E-state index in [1.807, 2.05) is 0 Å². The molecule has 1 N–H and O–H groups in total. The second kappa shape index (κ2) is 6.66. The number of rotatable bonds is 6. The maximum atomic E-state index is 13.8. The predicted molar refractivity (Wildman–Crippen MR) is 80.8 cm³/mol. The van der Waals surface area contributed by atoms with Crippen molar-refractivity contribution in [3.8, 4) is 0 Å². The second-order valence-corrected chi connectivity index (χ2v) is 7.04. The summed E-state index contributed by atoms with van der Waals surface area (Å²) >= 11 is 0. The molecule has 0 amide bonds. The summed E-state index contributed by atoms with van der Waals surface area (Å²) in [5.41, 5.74) is 0.0626. The van der Waals surface area contributed by atoms with E-state index in [1.165, 1.54) is 18.2 Å². The van der Waals surface area contributed by atoms with Gasteiger partial charge in [-0.25, -0.2) is 8.78 Å². The first kappa shape index (κ1) is 17.1. The van der Waals surface area contributed by atoms with Gasteiger partial charge in [0.2, 0.25) is 0 Å². The van der Waals surface area contributed by atoms with Gasteiger partial charge in [-0.05, 0) is 51.2 Å². The van der Waals surface area contributed by atoms with Gasteiger partial charge in [0.1, 0.15) is 11.6 Å². The minimum absolute atomic E-state index is 0.00276. The summed E-state index contributed by atoms with van der Waals surface area (Å²) in [6.07, 6.45) is 2.35. The zero-order valence-electron chi connectivity index (χ0n) is 13.3. The molecule has 1 rings (SSSR count). The van der Waals surface area contributed by atoms with Crippen LogP contribution in [-0.2, 0) is 6.42 Å². The SMILES string of the molecule is CCCC(C)(CNC(C)(C)C)Cc1c(F)cccc1F. The van der Waals surface area contributed by atoms with Gasteiger partial charge in [-0.3, -0.25) is 0 Å². The van der Waals surface area contributed by atoms with Gasteiger partial charge in [-0.15, -0.1) is 0 Å². The van der Waals surface area contributed by atoms with Crippen LogP contribution in [0.1, 0.15) is 53.0 Å². The highest BCUT2D eigenvalue weighted by molar-refractivity contribution is 5.21. The van der Waals surface area contributed by atoms with E-state index in [4.69, 9.17) is 0 Å². The van der Waals surface area contributed by atoms with E-state index in [-0.39, 0.29) is 16.5 Å². The number of hydrogen-bond acceptors (Lipinski definition) is 1. The normalized spacial score (nSPS) is 15.2. The van der Waals surface area contributed by atoms with E-state index >= 15 is 0 Å². The molecule has 0 radical (unpaired) electrons. The maximum Gasteiger partial charge on any atom is 0.129 e. The lowest BCUT2D eigenvalue weighted by Gasteiger charge is -2.34.